The number of hydrogen-bond acceptors (Lipinski definition) is 0. The first-order chi connectivity index (χ1) is 9.46. The highest BCUT2D eigenvalue weighted by Crippen LogP contribution is 2.28. The highest BCUT2D eigenvalue weighted by molar-refractivity contribution is 6.21. The SMILES string of the molecule is Bn1c2ccccc2c2ccc(C#CC(C)(C)C)cc21. The molecule has 2 heteroatoms. The summed E-state index contributed by atoms with van der Waals surface area (Å²) in [5, 5.41) is 2.60. The maximum atomic E-state index is 3.30. The van der Waals surface area contributed by atoms with Gasteiger partial charge < -0.3 is 4.48 Å². The summed E-state index contributed by atoms with van der Waals surface area (Å²) in [5.74, 6) is 6.58. The summed E-state index contributed by atoms with van der Waals surface area (Å²) in [5.41, 5.74) is 3.63. The van der Waals surface area contributed by atoms with Crippen LogP contribution in [0.5, 0.6) is 0 Å². The normalized spacial score (nSPS) is 11.6. The molecule has 0 saturated heterocycles. The number of benzene rings is 2. The van der Waals surface area contributed by atoms with E-state index >= 15 is 0 Å². The molecular weight excluding hydrogens is 241 g/mol. The van der Waals surface area contributed by atoms with Crippen LogP contribution >= 0.6 is 0 Å². The third-order valence-corrected chi connectivity index (χ3v) is 3.50. The average Bonchev–Trinajstić information content (AvgIpc) is 2.70. The molecule has 0 unspecified atom stereocenters. The van der Waals surface area contributed by atoms with E-state index in [1.807, 2.05) is 0 Å². The second-order valence-corrected chi connectivity index (χ2v) is 6.31. The van der Waals surface area contributed by atoms with Crippen molar-refractivity contribution in [3.05, 3.63) is 48.0 Å². The van der Waals surface area contributed by atoms with Crippen LogP contribution in [0.4, 0.5) is 0 Å². The van der Waals surface area contributed by atoms with E-state index in [9.17, 15) is 0 Å². The predicted molar refractivity (Wildman–Crippen MR) is 89.7 cm³/mol. The van der Waals surface area contributed by atoms with E-state index in [2.05, 4.69) is 87.5 Å². The first kappa shape index (κ1) is 12.9. The van der Waals surface area contributed by atoms with Crippen molar-refractivity contribution in [1.29, 1.82) is 0 Å². The molecule has 0 aliphatic heterocycles. The molecule has 0 N–H and O–H groups in total. The number of rotatable bonds is 0. The van der Waals surface area contributed by atoms with Crippen molar-refractivity contribution >= 4 is 29.8 Å². The van der Waals surface area contributed by atoms with Crippen LogP contribution in [-0.4, -0.2) is 12.5 Å². The molecule has 0 aliphatic rings. The first-order valence-electron chi connectivity index (χ1n) is 6.96. The lowest BCUT2D eigenvalue weighted by molar-refractivity contribution is 0.571. The molecule has 20 heavy (non-hydrogen) atoms. The van der Waals surface area contributed by atoms with E-state index < -0.39 is 0 Å². The average molecular weight is 259 g/mol. The zero-order valence-electron chi connectivity index (χ0n) is 12.5. The monoisotopic (exact) mass is 259 g/mol. The van der Waals surface area contributed by atoms with Gasteiger partial charge in [-0.2, -0.15) is 0 Å². The minimum absolute atomic E-state index is 0.0356. The van der Waals surface area contributed by atoms with Gasteiger partial charge in [0.15, 0.2) is 0 Å². The third-order valence-electron chi connectivity index (χ3n) is 3.50. The largest absolute Gasteiger partial charge is 0.393 e. The standard InChI is InChI=1S/C18H18BN/c1-18(2,3)11-10-13-8-9-15-14-6-4-5-7-16(14)20(19)17(15)12-13/h4-9,12H,19H2,1-3H3. The van der Waals surface area contributed by atoms with Crippen LogP contribution in [0, 0.1) is 17.3 Å². The summed E-state index contributed by atoms with van der Waals surface area (Å²) in [4.78, 5) is 0. The minimum atomic E-state index is 0.0356. The molecule has 0 fully saturated rings. The Kier molecular flexibility index (Phi) is 2.87. The van der Waals surface area contributed by atoms with Gasteiger partial charge in [-0.05, 0) is 39.0 Å². The van der Waals surface area contributed by atoms with E-state index in [1.54, 1.807) is 0 Å². The summed E-state index contributed by atoms with van der Waals surface area (Å²) >= 11 is 0. The quantitative estimate of drug-likeness (QED) is 0.429. The number of hydrogen-bond donors (Lipinski definition) is 0. The predicted octanol–water partition coefficient (Wildman–Crippen LogP) is 3.59. The highest BCUT2D eigenvalue weighted by Gasteiger charge is 2.07. The second-order valence-electron chi connectivity index (χ2n) is 6.31. The van der Waals surface area contributed by atoms with E-state index in [4.69, 9.17) is 0 Å². The molecule has 98 valence electrons. The van der Waals surface area contributed by atoms with Crippen molar-refractivity contribution in [1.82, 2.24) is 4.48 Å². The fraction of sp³-hybridized carbons (Fsp3) is 0.222. The van der Waals surface area contributed by atoms with Gasteiger partial charge in [0, 0.05) is 32.8 Å². The van der Waals surface area contributed by atoms with Gasteiger partial charge in [0.25, 0.3) is 0 Å². The van der Waals surface area contributed by atoms with Crippen molar-refractivity contribution in [2.45, 2.75) is 20.8 Å². The lowest BCUT2D eigenvalue weighted by Crippen LogP contribution is -1.99. The Morgan fingerprint density at radius 3 is 2.40 bits per heavy atom. The van der Waals surface area contributed by atoms with Crippen LogP contribution in [0.1, 0.15) is 26.3 Å². The van der Waals surface area contributed by atoms with Crippen molar-refractivity contribution in [3.63, 3.8) is 0 Å². The van der Waals surface area contributed by atoms with Crippen LogP contribution in [-0.2, 0) is 0 Å². The van der Waals surface area contributed by atoms with E-state index in [-0.39, 0.29) is 5.41 Å². The molecule has 0 spiro atoms. The van der Waals surface area contributed by atoms with Crippen LogP contribution in [0.2, 0.25) is 0 Å². The van der Waals surface area contributed by atoms with Crippen LogP contribution in [0.25, 0.3) is 21.8 Å². The Bertz CT molecular complexity index is 854. The van der Waals surface area contributed by atoms with Gasteiger partial charge in [-0.25, -0.2) is 0 Å². The zero-order valence-corrected chi connectivity index (χ0v) is 12.5. The van der Waals surface area contributed by atoms with Crippen molar-refractivity contribution < 1.29 is 0 Å². The number of para-hydroxylation sites is 1. The molecule has 2 aromatic carbocycles. The number of nitrogens with zero attached hydrogens (tertiary/aromatic N) is 1. The topological polar surface area (TPSA) is 4.93 Å². The van der Waals surface area contributed by atoms with Crippen LogP contribution in [0.15, 0.2) is 42.5 Å². The van der Waals surface area contributed by atoms with Gasteiger partial charge in [0.2, 0.25) is 7.98 Å². The molecule has 0 bridgehead atoms. The van der Waals surface area contributed by atoms with Gasteiger partial charge in [-0.1, -0.05) is 36.1 Å². The fourth-order valence-corrected chi connectivity index (χ4v) is 2.50. The molecule has 0 aliphatic carbocycles. The molecule has 3 rings (SSSR count). The number of aromatic nitrogens is 1. The van der Waals surface area contributed by atoms with Gasteiger partial charge in [0.1, 0.15) is 0 Å². The summed E-state index contributed by atoms with van der Waals surface area (Å²) < 4.78 is 2.24. The Labute approximate surface area is 121 Å². The minimum Gasteiger partial charge on any atom is -0.393 e. The van der Waals surface area contributed by atoms with Gasteiger partial charge in [0.05, 0.1) is 0 Å². The zero-order chi connectivity index (χ0) is 14.3. The third kappa shape index (κ3) is 2.21. The van der Waals surface area contributed by atoms with Gasteiger partial charge >= 0.3 is 0 Å². The van der Waals surface area contributed by atoms with Crippen molar-refractivity contribution in [3.8, 4) is 11.8 Å². The summed E-state index contributed by atoms with van der Waals surface area (Å²) in [6.07, 6.45) is 0. The molecule has 0 radical (unpaired) electrons. The van der Waals surface area contributed by atoms with Crippen LogP contribution < -0.4 is 0 Å². The molecule has 1 nitrogen and oxygen atoms in total. The first-order valence-corrected chi connectivity index (χ1v) is 6.96. The van der Waals surface area contributed by atoms with Gasteiger partial charge in [-0.15, -0.1) is 0 Å². The van der Waals surface area contributed by atoms with Gasteiger partial charge in [-0.3, -0.25) is 0 Å². The second kappa shape index (κ2) is 4.46. The molecule has 1 heterocycles. The summed E-state index contributed by atoms with van der Waals surface area (Å²) in [6, 6.07) is 15.0. The maximum Gasteiger partial charge on any atom is 0.223 e. The Hall–Kier alpha value is -2.14. The van der Waals surface area contributed by atoms with E-state index in [0.717, 1.165) is 5.56 Å². The fourth-order valence-electron chi connectivity index (χ4n) is 2.50. The molecule has 0 atom stereocenters. The molecular formula is C18H18BN. The lowest BCUT2D eigenvalue weighted by atomic mass is 9.97. The smallest absolute Gasteiger partial charge is 0.223 e. The van der Waals surface area contributed by atoms with Crippen LogP contribution in [0.3, 0.4) is 0 Å². The van der Waals surface area contributed by atoms with Crippen molar-refractivity contribution in [2.75, 3.05) is 0 Å². The molecule has 0 saturated carbocycles. The van der Waals surface area contributed by atoms with E-state index in [0.29, 0.717) is 0 Å². The molecule has 0 amide bonds. The van der Waals surface area contributed by atoms with Crippen molar-refractivity contribution in [2.24, 2.45) is 5.41 Å². The Balaban J connectivity index is 2.23. The highest BCUT2D eigenvalue weighted by atomic mass is 14.9. The molecule has 1 aromatic heterocycles. The Morgan fingerprint density at radius 2 is 1.65 bits per heavy atom. The maximum absolute atomic E-state index is 3.30. The molecule has 3 aromatic rings. The Morgan fingerprint density at radius 1 is 0.950 bits per heavy atom. The van der Waals surface area contributed by atoms with E-state index in [1.165, 1.54) is 21.8 Å². The number of fused-ring (bicyclic) bond motifs is 3. The summed E-state index contributed by atoms with van der Waals surface area (Å²) in [7, 11) is 2.12. The lowest BCUT2D eigenvalue weighted by Gasteiger charge is -2.06. The summed E-state index contributed by atoms with van der Waals surface area (Å²) in [6.45, 7) is 6.40.